The van der Waals surface area contributed by atoms with E-state index < -0.39 is 0 Å². The van der Waals surface area contributed by atoms with E-state index in [0.29, 0.717) is 24.0 Å². The third-order valence-electron chi connectivity index (χ3n) is 7.50. The number of anilines is 1. The summed E-state index contributed by atoms with van der Waals surface area (Å²) in [7, 11) is 2.15. The predicted molar refractivity (Wildman–Crippen MR) is 149 cm³/mol. The molecule has 3 heteroatoms. The predicted octanol–water partition coefficient (Wildman–Crippen LogP) is 7.75. The molecule has 2 aromatic carbocycles. The van der Waals surface area contributed by atoms with Crippen LogP contribution in [0.2, 0.25) is 0 Å². The van der Waals surface area contributed by atoms with Gasteiger partial charge in [0.2, 0.25) is 5.69 Å². The van der Waals surface area contributed by atoms with Gasteiger partial charge in [-0.05, 0) is 79.5 Å². The summed E-state index contributed by atoms with van der Waals surface area (Å²) in [6.07, 6.45) is 6.96. The highest BCUT2D eigenvalue weighted by Gasteiger charge is 2.27. The van der Waals surface area contributed by atoms with Crippen molar-refractivity contribution in [2.45, 2.75) is 79.4 Å². The SMILES string of the molecule is Cc1c(-c2cc(-c3c(C(C)C)cccc3C(C)C)cc[n+]2C)cccc1N1C=CN(C(C)C)[C@@H]1C. The summed E-state index contributed by atoms with van der Waals surface area (Å²) in [6.45, 7) is 18.2. The summed E-state index contributed by atoms with van der Waals surface area (Å²) in [5.74, 6) is 0.942. The van der Waals surface area contributed by atoms with E-state index in [4.69, 9.17) is 0 Å². The second-order valence-corrected chi connectivity index (χ2v) is 10.9. The molecule has 0 saturated carbocycles. The molecule has 0 bridgehead atoms. The quantitative estimate of drug-likeness (QED) is 0.342. The highest BCUT2D eigenvalue weighted by Crippen LogP contribution is 2.38. The van der Waals surface area contributed by atoms with Crippen LogP contribution in [0.15, 0.2) is 67.1 Å². The normalized spacial score (nSPS) is 15.8. The zero-order valence-corrected chi connectivity index (χ0v) is 23.0. The summed E-state index contributed by atoms with van der Waals surface area (Å²) in [6, 6.07) is 18.7. The van der Waals surface area contributed by atoms with Gasteiger partial charge in [-0.1, -0.05) is 52.0 Å². The van der Waals surface area contributed by atoms with Gasteiger partial charge in [-0.2, -0.15) is 0 Å². The molecular formula is C32H42N3+. The molecule has 0 fully saturated rings. The van der Waals surface area contributed by atoms with Crippen LogP contribution in [0.4, 0.5) is 5.69 Å². The van der Waals surface area contributed by atoms with Crippen molar-refractivity contribution < 1.29 is 4.57 Å². The topological polar surface area (TPSA) is 10.4 Å². The van der Waals surface area contributed by atoms with Crippen LogP contribution >= 0.6 is 0 Å². The summed E-state index contributed by atoms with van der Waals surface area (Å²) in [5.41, 5.74) is 10.6. The maximum atomic E-state index is 2.41. The minimum absolute atomic E-state index is 0.301. The van der Waals surface area contributed by atoms with Crippen molar-refractivity contribution in [2.24, 2.45) is 7.05 Å². The van der Waals surface area contributed by atoms with Gasteiger partial charge in [0.25, 0.3) is 0 Å². The minimum Gasteiger partial charge on any atom is -0.353 e. The van der Waals surface area contributed by atoms with Crippen molar-refractivity contribution in [3.63, 3.8) is 0 Å². The lowest BCUT2D eigenvalue weighted by Crippen LogP contribution is -2.39. The molecule has 0 spiro atoms. The number of aryl methyl sites for hydroxylation is 1. The summed E-state index contributed by atoms with van der Waals surface area (Å²) in [4.78, 5) is 4.80. The van der Waals surface area contributed by atoms with Crippen molar-refractivity contribution in [3.8, 4) is 22.4 Å². The van der Waals surface area contributed by atoms with Crippen molar-refractivity contribution in [1.29, 1.82) is 0 Å². The zero-order chi connectivity index (χ0) is 25.4. The fourth-order valence-electron chi connectivity index (χ4n) is 5.48. The Labute approximate surface area is 212 Å². The molecule has 0 radical (unpaired) electrons. The van der Waals surface area contributed by atoms with Crippen molar-refractivity contribution in [3.05, 3.63) is 83.8 Å². The molecule has 0 amide bonds. The Hall–Kier alpha value is -3.07. The number of rotatable bonds is 6. The highest BCUT2D eigenvalue weighted by atomic mass is 15.4. The molecule has 0 unspecified atom stereocenters. The van der Waals surface area contributed by atoms with Crippen molar-refractivity contribution in [2.75, 3.05) is 4.90 Å². The zero-order valence-electron chi connectivity index (χ0n) is 23.0. The monoisotopic (exact) mass is 468 g/mol. The first-order valence-electron chi connectivity index (χ1n) is 13.1. The fourth-order valence-corrected chi connectivity index (χ4v) is 5.48. The van der Waals surface area contributed by atoms with E-state index in [2.05, 4.69) is 144 Å². The number of benzene rings is 2. The van der Waals surface area contributed by atoms with Gasteiger partial charge in [0.05, 0.1) is 5.56 Å². The average molecular weight is 469 g/mol. The Kier molecular flexibility index (Phi) is 7.07. The first-order chi connectivity index (χ1) is 16.6. The lowest BCUT2D eigenvalue weighted by Gasteiger charge is -2.33. The second-order valence-electron chi connectivity index (χ2n) is 10.9. The first kappa shape index (κ1) is 25.0. The van der Waals surface area contributed by atoms with Gasteiger partial charge in [-0.3, -0.25) is 0 Å². The molecule has 3 aromatic rings. The van der Waals surface area contributed by atoms with Crippen LogP contribution in [0.25, 0.3) is 22.4 Å². The third-order valence-corrected chi connectivity index (χ3v) is 7.50. The molecule has 1 atom stereocenters. The van der Waals surface area contributed by atoms with E-state index in [1.807, 2.05) is 0 Å². The van der Waals surface area contributed by atoms with Gasteiger partial charge in [-0.15, -0.1) is 0 Å². The van der Waals surface area contributed by atoms with Crippen LogP contribution in [0, 0.1) is 6.92 Å². The van der Waals surface area contributed by atoms with E-state index in [9.17, 15) is 0 Å². The van der Waals surface area contributed by atoms with Crippen LogP contribution < -0.4 is 9.47 Å². The average Bonchev–Trinajstić information content (AvgIpc) is 3.20. The Bertz CT molecular complexity index is 1210. The van der Waals surface area contributed by atoms with Gasteiger partial charge >= 0.3 is 0 Å². The number of hydrogen-bond donors (Lipinski definition) is 0. The van der Waals surface area contributed by atoms with Crippen molar-refractivity contribution in [1.82, 2.24) is 4.90 Å². The molecule has 3 nitrogen and oxygen atoms in total. The van der Waals surface area contributed by atoms with Crippen LogP contribution in [0.3, 0.4) is 0 Å². The smallest absolute Gasteiger partial charge is 0.213 e. The van der Waals surface area contributed by atoms with E-state index in [-0.39, 0.29) is 0 Å². The lowest BCUT2D eigenvalue weighted by atomic mass is 9.85. The maximum absolute atomic E-state index is 2.41. The third kappa shape index (κ3) is 4.61. The minimum atomic E-state index is 0.301. The van der Waals surface area contributed by atoms with E-state index in [1.54, 1.807) is 0 Å². The number of aromatic nitrogens is 1. The van der Waals surface area contributed by atoms with Gasteiger partial charge in [0, 0.05) is 36.3 Å². The Morgan fingerprint density at radius 3 is 2.03 bits per heavy atom. The van der Waals surface area contributed by atoms with Crippen LogP contribution in [0.1, 0.15) is 77.0 Å². The first-order valence-corrected chi connectivity index (χ1v) is 13.1. The Morgan fingerprint density at radius 1 is 0.829 bits per heavy atom. The van der Waals surface area contributed by atoms with Gasteiger partial charge in [-0.25, -0.2) is 4.57 Å². The molecule has 1 aromatic heterocycles. The molecule has 1 aliphatic heterocycles. The van der Waals surface area contributed by atoms with Crippen LogP contribution in [-0.2, 0) is 7.05 Å². The number of pyridine rings is 1. The molecule has 0 aliphatic carbocycles. The summed E-state index contributed by atoms with van der Waals surface area (Å²) >= 11 is 0. The molecular weight excluding hydrogens is 426 g/mol. The summed E-state index contributed by atoms with van der Waals surface area (Å²) in [5, 5.41) is 0. The van der Waals surface area contributed by atoms with E-state index in [0.717, 1.165) is 0 Å². The molecule has 0 N–H and O–H groups in total. The molecule has 1 aliphatic rings. The maximum Gasteiger partial charge on any atom is 0.213 e. The fraction of sp³-hybridized carbons (Fsp3) is 0.406. The Balaban J connectivity index is 1.84. The molecule has 0 saturated heterocycles. The standard InChI is InChI=1S/C32H42N3/c1-21(2)27-12-10-13-28(22(3)4)32(27)26-16-17-33(9)31(20-26)29-14-11-15-30(24(29)7)35-19-18-34(23(5)6)25(35)8/h10-23,25H,1-9H3/q+1/t25-/m0/s1. The van der Waals surface area contributed by atoms with E-state index in [1.165, 1.54) is 44.8 Å². The number of hydrogen-bond acceptors (Lipinski definition) is 2. The lowest BCUT2D eigenvalue weighted by molar-refractivity contribution is -0.660. The van der Waals surface area contributed by atoms with Gasteiger partial charge in [0.15, 0.2) is 6.20 Å². The largest absolute Gasteiger partial charge is 0.353 e. The molecule has 184 valence electrons. The highest BCUT2D eigenvalue weighted by molar-refractivity contribution is 5.78. The van der Waals surface area contributed by atoms with Crippen LogP contribution in [-0.4, -0.2) is 17.1 Å². The van der Waals surface area contributed by atoms with Crippen molar-refractivity contribution >= 4 is 5.69 Å². The Morgan fingerprint density at radius 2 is 1.46 bits per heavy atom. The molecule has 35 heavy (non-hydrogen) atoms. The number of nitrogens with zero attached hydrogens (tertiary/aromatic N) is 3. The summed E-state index contributed by atoms with van der Waals surface area (Å²) < 4.78 is 2.26. The van der Waals surface area contributed by atoms with E-state index >= 15 is 0 Å². The van der Waals surface area contributed by atoms with Gasteiger partial charge < -0.3 is 9.80 Å². The molecule has 4 rings (SSSR count). The second kappa shape index (κ2) is 9.89. The van der Waals surface area contributed by atoms with Gasteiger partial charge in [0.1, 0.15) is 13.2 Å². The molecule has 2 heterocycles. The van der Waals surface area contributed by atoms with Crippen LogP contribution in [0.5, 0.6) is 0 Å².